The number of nitrogens with one attached hydrogen (secondary N) is 3. The van der Waals surface area contributed by atoms with E-state index in [1.807, 2.05) is 13.8 Å². The van der Waals surface area contributed by atoms with Crippen LogP contribution in [0.1, 0.15) is 110 Å². The van der Waals surface area contributed by atoms with Crippen LogP contribution in [0, 0.1) is 59.2 Å². The summed E-state index contributed by atoms with van der Waals surface area (Å²) in [6.45, 7) is 5.62. The standard InChI is InChI=1S/C54H63F2N7O8/c1-5-35-43(62-51(66)47(35)55)27-70-53-39-21-45(68-3)41(49(57)64)19-37(39)33(25-60-53)17-15-29-7-11-31(12-8-29)23-59-24-32-13-9-30(10-14-32)16-18-34-26-61-54(71-28-44-36(6-2)48(56)52(67)63-44)40-22-46(69-4)42(50(58)65)20-38(34)40/h19-22,25-26,29-32,35-36,43-44,47-48,59H,5-14,23-24,27-28H2,1-4H3,(H2,57,64)(H2,58,65)(H,62,66)(H,63,67)/t29?,30?,31?,32?,35-,36-,43+,44+,47-,48-/m0/s1. The van der Waals surface area contributed by atoms with Gasteiger partial charge in [0.25, 0.3) is 23.6 Å². The molecule has 8 rings (SSSR count). The van der Waals surface area contributed by atoms with Gasteiger partial charge in [-0.1, -0.05) is 37.5 Å². The lowest BCUT2D eigenvalue weighted by molar-refractivity contribution is -0.124. The number of hydrogen-bond donors (Lipinski definition) is 5. The Kier molecular flexibility index (Phi) is 16.1. The van der Waals surface area contributed by atoms with Crippen LogP contribution in [0.15, 0.2) is 36.7 Å². The number of carbonyl (C=O) groups excluding carboxylic acids is 4. The Morgan fingerprint density at radius 3 is 1.39 bits per heavy atom. The number of fused-ring (bicyclic) bond motifs is 2. The predicted molar refractivity (Wildman–Crippen MR) is 263 cm³/mol. The van der Waals surface area contributed by atoms with Crippen molar-refractivity contribution in [3.63, 3.8) is 0 Å². The average molecular weight is 976 g/mol. The third-order valence-electron chi connectivity index (χ3n) is 14.9. The lowest BCUT2D eigenvalue weighted by atomic mass is 9.81. The molecule has 2 aliphatic heterocycles. The first kappa shape index (κ1) is 50.7. The SMILES string of the molecule is CC[C@@H]1[C@H](F)C(=O)N[C@@H]1COc1ncc(C#CC2CCC(CNCC3CCC(C#Cc4cnc(OC[C@H]5NC(=O)[C@@H](F)[C@H]5CC)c5cc(OC)c(C(N)=O)cc45)CC3)CC2)c2cc(C(N)=O)c(OC)cc12. The summed E-state index contributed by atoms with van der Waals surface area (Å²) in [5, 5.41) is 11.5. The van der Waals surface area contributed by atoms with Crippen molar-refractivity contribution in [3.8, 4) is 46.9 Å². The Morgan fingerprint density at radius 2 is 1.04 bits per heavy atom. The van der Waals surface area contributed by atoms with E-state index in [4.69, 9.17) is 30.4 Å². The summed E-state index contributed by atoms with van der Waals surface area (Å²) in [6.07, 6.45) is 9.09. The molecule has 71 heavy (non-hydrogen) atoms. The zero-order chi connectivity index (χ0) is 50.3. The summed E-state index contributed by atoms with van der Waals surface area (Å²) in [4.78, 5) is 58.1. The molecule has 2 saturated carbocycles. The van der Waals surface area contributed by atoms with E-state index in [1.165, 1.54) is 14.2 Å². The minimum atomic E-state index is -1.59. The van der Waals surface area contributed by atoms with Crippen molar-refractivity contribution in [2.45, 2.75) is 102 Å². The molecule has 0 radical (unpaired) electrons. The highest BCUT2D eigenvalue weighted by Gasteiger charge is 2.43. The molecule has 0 bridgehead atoms. The molecular formula is C54H63F2N7O8. The monoisotopic (exact) mass is 975 g/mol. The second-order valence-electron chi connectivity index (χ2n) is 19.3. The van der Waals surface area contributed by atoms with Gasteiger partial charge in [0.1, 0.15) is 24.7 Å². The topological polar surface area (TPSA) is 219 Å². The van der Waals surface area contributed by atoms with Crippen LogP contribution in [0.2, 0.25) is 0 Å². The third-order valence-corrected chi connectivity index (χ3v) is 14.9. The largest absolute Gasteiger partial charge is 0.496 e. The minimum absolute atomic E-state index is 0.0233. The van der Waals surface area contributed by atoms with Gasteiger partial charge in [-0.25, -0.2) is 18.7 Å². The van der Waals surface area contributed by atoms with Gasteiger partial charge >= 0.3 is 0 Å². The van der Waals surface area contributed by atoms with Crippen molar-refractivity contribution in [2.24, 2.45) is 47.0 Å². The normalized spacial score (nSPS) is 26.1. The van der Waals surface area contributed by atoms with Gasteiger partial charge in [-0.2, -0.15) is 0 Å². The number of hydrogen-bond acceptors (Lipinski definition) is 11. The molecule has 17 heteroatoms. The first-order valence-corrected chi connectivity index (χ1v) is 24.8. The summed E-state index contributed by atoms with van der Waals surface area (Å²) in [6, 6.07) is 5.58. The van der Waals surface area contributed by atoms with Crippen molar-refractivity contribution >= 4 is 45.2 Å². The van der Waals surface area contributed by atoms with Crippen LogP contribution in [-0.4, -0.2) is 98.5 Å². The number of aromatic nitrogens is 2. The molecule has 2 saturated heterocycles. The smallest absolute Gasteiger partial charge is 0.255 e. The van der Waals surface area contributed by atoms with Crippen LogP contribution in [0.3, 0.4) is 0 Å². The lowest BCUT2D eigenvalue weighted by Gasteiger charge is -2.29. The first-order valence-electron chi connectivity index (χ1n) is 24.8. The van der Waals surface area contributed by atoms with E-state index in [1.54, 1.807) is 36.7 Å². The van der Waals surface area contributed by atoms with E-state index in [9.17, 15) is 28.0 Å². The Hall–Kier alpha value is -6.72. The van der Waals surface area contributed by atoms with Crippen molar-refractivity contribution < 1.29 is 46.9 Å². The summed E-state index contributed by atoms with van der Waals surface area (Å²) in [5.74, 6) is 12.5. The number of rotatable bonds is 16. The number of nitrogens with zero attached hydrogens (tertiary/aromatic N) is 2. The minimum Gasteiger partial charge on any atom is -0.496 e. The second kappa shape index (κ2) is 22.6. The summed E-state index contributed by atoms with van der Waals surface area (Å²) >= 11 is 0. The van der Waals surface area contributed by atoms with E-state index >= 15 is 0 Å². The van der Waals surface area contributed by atoms with E-state index in [0.717, 1.165) is 64.5 Å². The Labute approximate surface area is 412 Å². The lowest BCUT2D eigenvalue weighted by Crippen LogP contribution is -2.34. The molecule has 6 atom stereocenters. The van der Waals surface area contributed by atoms with Crippen molar-refractivity contribution in [2.75, 3.05) is 40.5 Å². The highest BCUT2D eigenvalue weighted by molar-refractivity contribution is 6.04. The molecule has 376 valence electrons. The number of alkyl halides is 2. The molecule has 4 heterocycles. The van der Waals surface area contributed by atoms with E-state index in [-0.39, 0.29) is 59.4 Å². The van der Waals surface area contributed by atoms with Crippen LogP contribution < -0.4 is 46.4 Å². The van der Waals surface area contributed by atoms with E-state index < -0.39 is 59.9 Å². The molecule has 2 aromatic heterocycles. The molecule has 4 aliphatic rings. The number of amides is 4. The number of halogens is 2. The Bertz CT molecular complexity index is 2600. The van der Waals surface area contributed by atoms with Crippen LogP contribution in [0.25, 0.3) is 21.5 Å². The zero-order valence-corrected chi connectivity index (χ0v) is 40.7. The van der Waals surface area contributed by atoms with Crippen molar-refractivity contribution in [1.82, 2.24) is 25.9 Å². The van der Waals surface area contributed by atoms with Gasteiger partial charge in [0, 0.05) is 57.6 Å². The maximum Gasteiger partial charge on any atom is 0.255 e. The molecule has 0 unspecified atom stereocenters. The third kappa shape index (κ3) is 11.3. The first-order chi connectivity index (χ1) is 34.3. The summed E-state index contributed by atoms with van der Waals surface area (Å²) in [5.41, 5.74) is 13.1. The van der Waals surface area contributed by atoms with Crippen LogP contribution in [0.4, 0.5) is 8.78 Å². The molecule has 15 nitrogen and oxygen atoms in total. The van der Waals surface area contributed by atoms with E-state index in [0.29, 0.717) is 57.3 Å². The van der Waals surface area contributed by atoms with Gasteiger partial charge in [0.15, 0.2) is 12.3 Å². The summed E-state index contributed by atoms with van der Waals surface area (Å²) < 4.78 is 52.1. The Balaban J connectivity index is 0.836. The Morgan fingerprint density at radius 1 is 0.648 bits per heavy atom. The van der Waals surface area contributed by atoms with Crippen molar-refractivity contribution in [3.05, 3.63) is 58.9 Å². The van der Waals surface area contributed by atoms with Crippen LogP contribution in [-0.2, 0) is 9.59 Å². The zero-order valence-electron chi connectivity index (χ0n) is 40.7. The number of pyridine rings is 2. The van der Waals surface area contributed by atoms with Gasteiger partial charge in [-0.05, 0) is 113 Å². The van der Waals surface area contributed by atoms with Crippen LogP contribution >= 0.6 is 0 Å². The molecule has 0 spiro atoms. The maximum atomic E-state index is 14.5. The highest BCUT2D eigenvalue weighted by Crippen LogP contribution is 2.37. The van der Waals surface area contributed by atoms with Gasteiger partial charge in [0.05, 0.1) is 48.6 Å². The molecule has 4 aromatic rings. The van der Waals surface area contributed by atoms with Gasteiger partial charge < -0.3 is 46.4 Å². The fraction of sp³-hybridized carbons (Fsp3) is 0.519. The molecule has 2 aliphatic carbocycles. The molecular weight excluding hydrogens is 913 g/mol. The maximum absolute atomic E-state index is 14.5. The predicted octanol–water partition coefficient (Wildman–Crippen LogP) is 6.09. The number of benzene rings is 2. The molecule has 7 N–H and O–H groups in total. The fourth-order valence-corrected chi connectivity index (χ4v) is 10.7. The van der Waals surface area contributed by atoms with Gasteiger partial charge in [-0.3, -0.25) is 19.2 Å². The van der Waals surface area contributed by atoms with Crippen LogP contribution in [0.5, 0.6) is 23.3 Å². The van der Waals surface area contributed by atoms with E-state index in [2.05, 4.69) is 49.6 Å². The van der Waals surface area contributed by atoms with Gasteiger partial charge in [-0.15, -0.1) is 0 Å². The molecule has 4 fully saturated rings. The number of nitrogens with two attached hydrogens (primary N) is 2. The highest BCUT2D eigenvalue weighted by atomic mass is 19.1. The molecule has 4 amide bonds. The number of ether oxygens (including phenoxy) is 4. The number of primary amides is 2. The summed E-state index contributed by atoms with van der Waals surface area (Å²) in [7, 11) is 2.89. The fourth-order valence-electron chi connectivity index (χ4n) is 10.7. The quantitative estimate of drug-likeness (QED) is 0.0810. The molecule has 2 aromatic carbocycles. The number of carbonyl (C=O) groups is 4. The number of methoxy groups -OCH3 is 2. The van der Waals surface area contributed by atoms with Crippen molar-refractivity contribution in [1.29, 1.82) is 0 Å². The average Bonchev–Trinajstić information content (AvgIpc) is 3.82. The second-order valence-corrected chi connectivity index (χ2v) is 19.3. The van der Waals surface area contributed by atoms with Gasteiger partial charge in [0.2, 0.25) is 11.8 Å².